The maximum atomic E-state index is 12.9. The van der Waals surface area contributed by atoms with Crippen LogP contribution in [0.5, 0.6) is 5.75 Å². The van der Waals surface area contributed by atoms with E-state index >= 15 is 0 Å². The number of thioether (sulfide) groups is 1. The molecule has 0 fully saturated rings. The van der Waals surface area contributed by atoms with E-state index in [0.717, 1.165) is 25.0 Å². The highest BCUT2D eigenvalue weighted by Gasteiger charge is 2.30. The van der Waals surface area contributed by atoms with Crippen molar-refractivity contribution in [1.29, 1.82) is 5.26 Å². The van der Waals surface area contributed by atoms with Crippen molar-refractivity contribution in [2.24, 2.45) is 11.3 Å². The van der Waals surface area contributed by atoms with E-state index in [1.165, 1.54) is 17.3 Å². The van der Waals surface area contributed by atoms with Gasteiger partial charge in [-0.2, -0.15) is 5.26 Å². The first-order valence-electron chi connectivity index (χ1n) is 10.9. The molecular formula is C25H30ClN3O2S. The van der Waals surface area contributed by atoms with Crippen LogP contribution < -0.4 is 10.1 Å². The van der Waals surface area contributed by atoms with Crippen LogP contribution in [-0.2, 0) is 17.6 Å². The molecule has 1 aliphatic rings. The van der Waals surface area contributed by atoms with Crippen LogP contribution in [0.15, 0.2) is 29.3 Å². The summed E-state index contributed by atoms with van der Waals surface area (Å²) in [5, 5.41) is 13.4. The Kier molecular flexibility index (Phi) is 7.74. The number of amides is 1. The number of methoxy groups -OCH3 is 1. The Morgan fingerprint density at radius 3 is 2.75 bits per heavy atom. The molecule has 2 aromatic rings. The van der Waals surface area contributed by atoms with E-state index in [2.05, 4.69) is 32.2 Å². The quantitative estimate of drug-likeness (QED) is 0.502. The minimum atomic E-state index is -0.376. The second-order valence-electron chi connectivity index (χ2n) is 9.22. The van der Waals surface area contributed by atoms with Crippen LogP contribution in [0.3, 0.4) is 0 Å². The Labute approximate surface area is 199 Å². The summed E-state index contributed by atoms with van der Waals surface area (Å²) in [4.78, 5) is 17.8. The number of nitrogens with zero attached hydrogens (tertiary/aromatic N) is 2. The van der Waals surface area contributed by atoms with E-state index in [1.807, 2.05) is 13.0 Å². The molecule has 1 amide bonds. The molecule has 1 aliphatic carbocycles. The molecule has 3 rings (SSSR count). The number of carbonyl (C=O) groups is 1. The third kappa shape index (κ3) is 5.57. The molecule has 1 aromatic heterocycles. The van der Waals surface area contributed by atoms with Gasteiger partial charge in [-0.1, -0.05) is 51.1 Å². The maximum absolute atomic E-state index is 12.9. The number of fused-ring (bicyclic) bond motifs is 1. The Morgan fingerprint density at radius 1 is 1.41 bits per heavy atom. The third-order valence-corrected chi connectivity index (χ3v) is 7.70. The first-order chi connectivity index (χ1) is 15.2. The van der Waals surface area contributed by atoms with Crippen LogP contribution in [0.25, 0.3) is 0 Å². The lowest BCUT2D eigenvalue weighted by Crippen LogP contribution is -2.28. The molecular weight excluding hydrogens is 442 g/mol. The molecule has 32 heavy (non-hydrogen) atoms. The minimum Gasteiger partial charge on any atom is -0.495 e. The number of nitriles is 1. The fourth-order valence-corrected chi connectivity index (χ4v) is 5.23. The van der Waals surface area contributed by atoms with Gasteiger partial charge in [0.05, 0.1) is 22.9 Å². The van der Waals surface area contributed by atoms with E-state index < -0.39 is 0 Å². The van der Waals surface area contributed by atoms with Crippen molar-refractivity contribution in [2.75, 3.05) is 12.4 Å². The molecule has 0 radical (unpaired) electrons. The molecule has 0 saturated carbocycles. The molecule has 1 N–H and O–H groups in total. The van der Waals surface area contributed by atoms with Gasteiger partial charge in [0.15, 0.2) is 0 Å². The fourth-order valence-electron chi connectivity index (χ4n) is 3.98. The lowest BCUT2D eigenvalue weighted by molar-refractivity contribution is -0.115. The van der Waals surface area contributed by atoms with Gasteiger partial charge in [0, 0.05) is 11.4 Å². The van der Waals surface area contributed by atoms with E-state index in [4.69, 9.17) is 21.3 Å². The average molecular weight is 472 g/mol. The van der Waals surface area contributed by atoms with Crippen molar-refractivity contribution in [1.82, 2.24) is 4.98 Å². The van der Waals surface area contributed by atoms with Gasteiger partial charge in [0.2, 0.25) is 5.91 Å². The van der Waals surface area contributed by atoms with Crippen molar-refractivity contribution in [3.8, 4) is 11.8 Å². The third-order valence-electron chi connectivity index (χ3n) is 6.03. The maximum Gasteiger partial charge on any atom is 0.237 e. The van der Waals surface area contributed by atoms with E-state index in [0.29, 0.717) is 39.4 Å². The second kappa shape index (κ2) is 10.1. The van der Waals surface area contributed by atoms with Crippen molar-refractivity contribution in [2.45, 2.75) is 63.7 Å². The van der Waals surface area contributed by atoms with Gasteiger partial charge in [-0.05, 0) is 66.8 Å². The van der Waals surface area contributed by atoms with Crippen molar-refractivity contribution < 1.29 is 9.53 Å². The van der Waals surface area contributed by atoms with Crippen molar-refractivity contribution >= 4 is 35.0 Å². The van der Waals surface area contributed by atoms with Crippen LogP contribution in [0.2, 0.25) is 5.02 Å². The molecule has 170 valence electrons. The lowest BCUT2D eigenvalue weighted by atomic mass is 9.71. The molecule has 0 spiro atoms. The summed E-state index contributed by atoms with van der Waals surface area (Å²) in [6, 6.07) is 9.41. The molecule has 1 aromatic carbocycles. The van der Waals surface area contributed by atoms with E-state index in [9.17, 15) is 10.1 Å². The smallest absolute Gasteiger partial charge is 0.237 e. The molecule has 5 nitrogen and oxygen atoms in total. The number of aromatic nitrogens is 1. The first-order valence-corrected chi connectivity index (χ1v) is 12.2. The van der Waals surface area contributed by atoms with Crippen LogP contribution in [0, 0.1) is 22.7 Å². The zero-order valence-electron chi connectivity index (χ0n) is 19.3. The molecule has 0 saturated heterocycles. The summed E-state index contributed by atoms with van der Waals surface area (Å²) in [6.07, 6.45) is 3.55. The van der Waals surface area contributed by atoms with E-state index in [1.54, 1.807) is 25.3 Å². The van der Waals surface area contributed by atoms with Gasteiger partial charge in [-0.25, -0.2) is 4.98 Å². The standard InChI is InChI=1S/C25H30ClN3O2S/c1-6-22(23(30)28-18-8-10-21(31-5)19(26)13-18)32-24-16(14-27)11-15-12-17(25(2,3)4)7-9-20(15)29-24/h8,10-11,13,17,22H,6-7,9,12H2,1-5H3,(H,28,30). The number of nitrogens with one attached hydrogen (secondary N) is 1. The Hall–Kier alpha value is -2.23. The van der Waals surface area contributed by atoms with Crippen LogP contribution in [0.4, 0.5) is 5.69 Å². The zero-order valence-corrected chi connectivity index (χ0v) is 20.9. The molecule has 2 unspecified atom stereocenters. The number of hydrogen-bond donors (Lipinski definition) is 1. The van der Waals surface area contributed by atoms with Crippen LogP contribution >= 0.6 is 23.4 Å². The predicted molar refractivity (Wildman–Crippen MR) is 130 cm³/mol. The lowest BCUT2D eigenvalue weighted by Gasteiger charge is -2.34. The normalized spacial score (nSPS) is 16.6. The van der Waals surface area contributed by atoms with Gasteiger partial charge in [0.25, 0.3) is 0 Å². The monoisotopic (exact) mass is 471 g/mol. The van der Waals surface area contributed by atoms with E-state index in [-0.39, 0.29) is 16.6 Å². The van der Waals surface area contributed by atoms with Crippen LogP contribution in [-0.4, -0.2) is 23.3 Å². The number of halogens is 1. The second-order valence-corrected chi connectivity index (χ2v) is 10.8. The average Bonchev–Trinajstić information content (AvgIpc) is 2.75. The summed E-state index contributed by atoms with van der Waals surface area (Å²) >= 11 is 7.53. The molecule has 0 bridgehead atoms. The highest BCUT2D eigenvalue weighted by molar-refractivity contribution is 8.00. The fraction of sp³-hybridized carbons (Fsp3) is 0.480. The molecule has 1 heterocycles. The Balaban J connectivity index is 1.78. The number of pyridine rings is 1. The highest BCUT2D eigenvalue weighted by atomic mass is 35.5. The van der Waals surface area contributed by atoms with Gasteiger partial charge >= 0.3 is 0 Å². The summed E-state index contributed by atoms with van der Waals surface area (Å²) in [7, 11) is 1.55. The number of carbonyl (C=O) groups excluding carboxylic acids is 1. The van der Waals surface area contributed by atoms with Crippen LogP contribution in [0.1, 0.15) is 57.4 Å². The zero-order chi connectivity index (χ0) is 23.5. The Morgan fingerprint density at radius 2 is 2.16 bits per heavy atom. The van der Waals surface area contributed by atoms with Crippen molar-refractivity contribution in [3.63, 3.8) is 0 Å². The largest absolute Gasteiger partial charge is 0.495 e. The summed E-state index contributed by atoms with van der Waals surface area (Å²) < 4.78 is 5.16. The minimum absolute atomic E-state index is 0.144. The van der Waals surface area contributed by atoms with Gasteiger partial charge in [-0.3, -0.25) is 4.79 Å². The summed E-state index contributed by atoms with van der Waals surface area (Å²) in [6.45, 7) is 8.76. The number of benzene rings is 1. The molecule has 0 aliphatic heterocycles. The number of aryl methyl sites for hydroxylation is 1. The topological polar surface area (TPSA) is 75.0 Å². The summed E-state index contributed by atoms with van der Waals surface area (Å²) in [5.74, 6) is 0.985. The number of ether oxygens (including phenoxy) is 1. The first kappa shape index (κ1) is 24.4. The Bertz CT molecular complexity index is 1040. The number of rotatable bonds is 6. The highest BCUT2D eigenvalue weighted by Crippen LogP contribution is 2.39. The van der Waals surface area contributed by atoms with Crippen molar-refractivity contribution in [3.05, 3.63) is 46.1 Å². The van der Waals surface area contributed by atoms with Gasteiger partial charge in [-0.15, -0.1) is 0 Å². The SMILES string of the molecule is CCC(Sc1nc2c(cc1C#N)CC(C(C)(C)C)CC2)C(=O)Nc1ccc(OC)c(Cl)c1. The predicted octanol–water partition coefficient (Wildman–Crippen LogP) is 6.28. The number of hydrogen-bond acceptors (Lipinski definition) is 5. The molecule has 7 heteroatoms. The van der Waals surface area contributed by atoms with Gasteiger partial charge < -0.3 is 10.1 Å². The molecule has 2 atom stereocenters. The number of anilines is 1. The summed E-state index contributed by atoms with van der Waals surface area (Å²) in [5.41, 5.74) is 3.61. The van der Waals surface area contributed by atoms with Gasteiger partial charge in [0.1, 0.15) is 16.8 Å².